The molecule has 1 aromatic carbocycles. The van der Waals surface area contributed by atoms with Gasteiger partial charge >= 0.3 is 0 Å². The Morgan fingerprint density at radius 1 is 1.19 bits per heavy atom. The maximum absolute atomic E-state index is 13.2. The topological polar surface area (TPSA) is 92.5 Å². The summed E-state index contributed by atoms with van der Waals surface area (Å²) in [7, 11) is 0. The minimum Gasteiger partial charge on any atom is -0.368 e. The van der Waals surface area contributed by atoms with Gasteiger partial charge in [-0.15, -0.1) is 11.8 Å². The second kappa shape index (κ2) is 8.12. The minimum atomic E-state index is -0.967. The van der Waals surface area contributed by atoms with E-state index in [1.807, 2.05) is 30.3 Å². The lowest BCUT2D eigenvalue weighted by atomic mass is 9.78. The highest BCUT2D eigenvalue weighted by atomic mass is 32.2. The zero-order valence-electron chi connectivity index (χ0n) is 14.8. The zero-order valence-corrected chi connectivity index (χ0v) is 15.6. The standard InChI is InChI=1S/C19H25N3O3S/c20-17(24)15-12-26-13-16(23)22(15)19(9-5-2-6-10-19)18(25)21-11-14-7-3-1-4-8-14/h1,3-4,7-8,15H,2,5-6,9-13H2,(H2,20,24)(H,21,25)/t15-/m0/s1. The van der Waals surface area contributed by atoms with Gasteiger partial charge in [-0.05, 0) is 18.4 Å². The molecule has 0 unspecified atom stereocenters. The average Bonchev–Trinajstić information content (AvgIpc) is 2.67. The smallest absolute Gasteiger partial charge is 0.246 e. The molecule has 1 aliphatic carbocycles. The van der Waals surface area contributed by atoms with Crippen LogP contribution >= 0.6 is 11.8 Å². The first-order chi connectivity index (χ1) is 12.5. The largest absolute Gasteiger partial charge is 0.368 e. The van der Waals surface area contributed by atoms with Crippen LogP contribution in [0.1, 0.15) is 37.7 Å². The van der Waals surface area contributed by atoms with E-state index in [4.69, 9.17) is 5.73 Å². The van der Waals surface area contributed by atoms with Crippen molar-refractivity contribution < 1.29 is 14.4 Å². The highest BCUT2D eigenvalue weighted by Gasteiger charge is 2.51. The van der Waals surface area contributed by atoms with Crippen molar-refractivity contribution in [2.45, 2.75) is 50.2 Å². The van der Waals surface area contributed by atoms with E-state index in [9.17, 15) is 14.4 Å². The molecule has 1 aliphatic heterocycles. The van der Waals surface area contributed by atoms with Gasteiger partial charge in [-0.3, -0.25) is 14.4 Å². The van der Waals surface area contributed by atoms with Crippen LogP contribution in [0.2, 0.25) is 0 Å². The van der Waals surface area contributed by atoms with E-state index < -0.39 is 17.5 Å². The highest BCUT2D eigenvalue weighted by molar-refractivity contribution is 8.00. The Morgan fingerprint density at radius 3 is 2.54 bits per heavy atom. The number of primary amides is 1. The summed E-state index contributed by atoms with van der Waals surface area (Å²) in [5, 5.41) is 3.00. The number of nitrogens with one attached hydrogen (secondary N) is 1. The van der Waals surface area contributed by atoms with Crippen molar-refractivity contribution >= 4 is 29.5 Å². The number of carbonyl (C=O) groups is 3. The van der Waals surface area contributed by atoms with Gasteiger partial charge in [0.05, 0.1) is 5.75 Å². The Kier molecular flexibility index (Phi) is 5.86. The van der Waals surface area contributed by atoms with E-state index in [1.54, 1.807) is 0 Å². The predicted octanol–water partition coefficient (Wildman–Crippen LogP) is 1.44. The fourth-order valence-electron chi connectivity index (χ4n) is 3.98. The number of nitrogens with zero attached hydrogens (tertiary/aromatic N) is 1. The minimum absolute atomic E-state index is 0.165. The van der Waals surface area contributed by atoms with Crippen LogP contribution in [0.5, 0.6) is 0 Å². The zero-order chi connectivity index (χ0) is 18.6. The number of benzene rings is 1. The molecule has 1 heterocycles. The van der Waals surface area contributed by atoms with E-state index in [-0.39, 0.29) is 17.6 Å². The molecule has 6 nitrogen and oxygen atoms in total. The molecule has 1 saturated heterocycles. The molecule has 0 radical (unpaired) electrons. The lowest BCUT2D eigenvalue weighted by Crippen LogP contribution is -2.68. The van der Waals surface area contributed by atoms with Crippen LogP contribution in [-0.4, -0.2) is 45.7 Å². The third-order valence-corrected chi connectivity index (χ3v) is 6.27. The van der Waals surface area contributed by atoms with Gasteiger partial charge in [-0.25, -0.2) is 0 Å². The number of thioether (sulfide) groups is 1. The molecule has 0 bridgehead atoms. The first kappa shape index (κ1) is 18.8. The fourth-order valence-corrected chi connectivity index (χ4v) is 4.95. The van der Waals surface area contributed by atoms with Gasteiger partial charge in [0.1, 0.15) is 11.6 Å². The molecule has 3 rings (SSSR count). The molecular formula is C19H25N3O3S. The average molecular weight is 375 g/mol. The monoisotopic (exact) mass is 375 g/mol. The Balaban J connectivity index is 1.86. The lowest BCUT2D eigenvalue weighted by Gasteiger charge is -2.49. The molecular weight excluding hydrogens is 350 g/mol. The van der Waals surface area contributed by atoms with Gasteiger partial charge < -0.3 is 16.0 Å². The molecule has 140 valence electrons. The lowest BCUT2D eigenvalue weighted by molar-refractivity contribution is -0.155. The summed E-state index contributed by atoms with van der Waals surface area (Å²) in [4.78, 5) is 39.5. The van der Waals surface area contributed by atoms with Gasteiger partial charge in [0.25, 0.3) is 0 Å². The SMILES string of the molecule is NC(=O)[C@@H]1CSCC(=O)N1C1(C(=O)NCc2ccccc2)CCCCC1. The molecule has 26 heavy (non-hydrogen) atoms. The quantitative estimate of drug-likeness (QED) is 0.814. The van der Waals surface area contributed by atoms with Crippen LogP contribution in [0, 0.1) is 0 Å². The summed E-state index contributed by atoms with van der Waals surface area (Å²) in [6, 6.07) is 8.95. The summed E-state index contributed by atoms with van der Waals surface area (Å²) < 4.78 is 0. The van der Waals surface area contributed by atoms with E-state index in [0.29, 0.717) is 25.1 Å². The second-order valence-corrected chi connectivity index (χ2v) is 7.99. The van der Waals surface area contributed by atoms with Crippen molar-refractivity contribution in [3.8, 4) is 0 Å². The van der Waals surface area contributed by atoms with Gasteiger partial charge in [0.15, 0.2) is 0 Å². The molecule has 1 atom stereocenters. The Hall–Kier alpha value is -2.02. The van der Waals surface area contributed by atoms with E-state index >= 15 is 0 Å². The van der Waals surface area contributed by atoms with Gasteiger partial charge in [-0.2, -0.15) is 0 Å². The number of hydrogen-bond acceptors (Lipinski definition) is 4. The molecule has 0 aromatic heterocycles. The number of carbonyl (C=O) groups excluding carboxylic acids is 3. The van der Waals surface area contributed by atoms with Gasteiger partial charge in [-0.1, -0.05) is 49.6 Å². The van der Waals surface area contributed by atoms with Crippen molar-refractivity contribution in [2.24, 2.45) is 5.73 Å². The van der Waals surface area contributed by atoms with Crippen LogP contribution < -0.4 is 11.1 Å². The maximum atomic E-state index is 13.2. The summed E-state index contributed by atoms with van der Waals surface area (Å²) in [5.74, 6) is -0.132. The molecule has 2 fully saturated rings. The van der Waals surface area contributed by atoms with Crippen LogP contribution in [0.4, 0.5) is 0 Å². The van der Waals surface area contributed by atoms with Crippen LogP contribution in [-0.2, 0) is 20.9 Å². The molecule has 7 heteroatoms. The van der Waals surface area contributed by atoms with Gasteiger partial charge in [0.2, 0.25) is 17.7 Å². The molecule has 1 aromatic rings. The summed E-state index contributed by atoms with van der Waals surface area (Å²) in [6.07, 6.45) is 3.91. The second-order valence-electron chi connectivity index (χ2n) is 6.96. The van der Waals surface area contributed by atoms with E-state index in [0.717, 1.165) is 24.8 Å². The predicted molar refractivity (Wildman–Crippen MR) is 101 cm³/mol. The Labute approximate surface area is 157 Å². The summed E-state index contributed by atoms with van der Waals surface area (Å²) in [5.41, 5.74) is 5.60. The molecule has 3 N–H and O–H groups in total. The number of rotatable bonds is 5. The third kappa shape index (κ3) is 3.72. The Morgan fingerprint density at radius 2 is 1.88 bits per heavy atom. The summed E-state index contributed by atoms with van der Waals surface area (Å²) in [6.45, 7) is 0.402. The summed E-state index contributed by atoms with van der Waals surface area (Å²) >= 11 is 1.40. The first-order valence-electron chi connectivity index (χ1n) is 9.06. The number of amides is 3. The maximum Gasteiger partial charge on any atom is 0.246 e. The van der Waals surface area contributed by atoms with Crippen LogP contribution in [0.3, 0.4) is 0 Å². The normalized spacial score (nSPS) is 22.7. The van der Waals surface area contributed by atoms with Crippen molar-refractivity contribution in [1.82, 2.24) is 10.2 Å². The number of hydrogen-bond donors (Lipinski definition) is 2. The molecule has 3 amide bonds. The van der Waals surface area contributed by atoms with E-state index in [2.05, 4.69) is 5.32 Å². The molecule has 0 spiro atoms. The Bertz CT molecular complexity index is 674. The van der Waals surface area contributed by atoms with Crippen LogP contribution in [0.15, 0.2) is 30.3 Å². The van der Waals surface area contributed by atoms with Crippen molar-refractivity contribution in [3.05, 3.63) is 35.9 Å². The van der Waals surface area contributed by atoms with Crippen molar-refractivity contribution in [3.63, 3.8) is 0 Å². The third-order valence-electron chi connectivity index (χ3n) is 5.27. The van der Waals surface area contributed by atoms with Crippen molar-refractivity contribution in [1.29, 1.82) is 0 Å². The van der Waals surface area contributed by atoms with Crippen molar-refractivity contribution in [2.75, 3.05) is 11.5 Å². The van der Waals surface area contributed by atoms with Crippen LogP contribution in [0.25, 0.3) is 0 Å². The van der Waals surface area contributed by atoms with Gasteiger partial charge in [0, 0.05) is 12.3 Å². The molecule has 1 saturated carbocycles. The number of nitrogens with two attached hydrogens (primary N) is 1. The fraction of sp³-hybridized carbons (Fsp3) is 0.526. The van der Waals surface area contributed by atoms with E-state index in [1.165, 1.54) is 16.7 Å². The molecule has 2 aliphatic rings. The first-order valence-corrected chi connectivity index (χ1v) is 10.2. The highest BCUT2D eigenvalue weighted by Crippen LogP contribution is 2.38.